The van der Waals surface area contributed by atoms with Crippen molar-refractivity contribution in [1.82, 2.24) is 0 Å². The minimum absolute atomic E-state index is 0.0696. The summed E-state index contributed by atoms with van der Waals surface area (Å²) >= 11 is 0. The molecule has 0 aromatic heterocycles. The third kappa shape index (κ3) is 1.98. The van der Waals surface area contributed by atoms with Crippen molar-refractivity contribution in [2.75, 3.05) is 0 Å². The molecule has 0 aliphatic heterocycles. The van der Waals surface area contributed by atoms with Gasteiger partial charge in [-0.05, 0) is 60.7 Å². The highest BCUT2D eigenvalue weighted by atomic mass is 16.3. The van der Waals surface area contributed by atoms with Crippen molar-refractivity contribution >= 4 is 5.78 Å². The standard InChI is InChI=1S/C19H29NO3/c1-18-5-3-11(21)7-10(18)8-14(22)16-12(18)4-6-19(2)13(16)9-15(23)17(19)20/h8,11-14,16-17,21-22H,3-7,9,20H2,1-2H3/t11-,12-,13-,14-,16+,17-,18-,19-/m0/s1. The van der Waals surface area contributed by atoms with E-state index in [-0.39, 0.29) is 40.6 Å². The molecule has 4 aliphatic carbocycles. The van der Waals surface area contributed by atoms with Crippen LogP contribution in [-0.2, 0) is 4.79 Å². The minimum Gasteiger partial charge on any atom is -0.393 e. The number of Topliss-reactive ketones (excluding diaryl/α,β-unsaturated/α-hetero) is 1. The second kappa shape index (κ2) is 4.90. The zero-order chi connectivity index (χ0) is 16.6. The highest BCUT2D eigenvalue weighted by Gasteiger charge is 2.62. The fourth-order valence-corrected chi connectivity index (χ4v) is 6.47. The van der Waals surface area contributed by atoms with Crippen LogP contribution in [0.4, 0.5) is 0 Å². The number of hydrogen-bond acceptors (Lipinski definition) is 4. The van der Waals surface area contributed by atoms with Crippen molar-refractivity contribution in [3.8, 4) is 0 Å². The second-order valence-corrected chi connectivity index (χ2v) is 8.98. The Labute approximate surface area is 138 Å². The number of hydrogen-bond donors (Lipinski definition) is 3. The fraction of sp³-hybridized carbons (Fsp3) is 0.842. The first-order chi connectivity index (χ1) is 10.8. The van der Waals surface area contributed by atoms with Gasteiger partial charge in [-0.25, -0.2) is 0 Å². The smallest absolute Gasteiger partial charge is 0.150 e. The highest BCUT2D eigenvalue weighted by molar-refractivity contribution is 5.87. The van der Waals surface area contributed by atoms with Crippen molar-refractivity contribution < 1.29 is 15.0 Å². The Morgan fingerprint density at radius 3 is 2.61 bits per heavy atom. The van der Waals surface area contributed by atoms with Crippen LogP contribution in [0.1, 0.15) is 52.4 Å². The molecule has 23 heavy (non-hydrogen) atoms. The number of fused-ring (bicyclic) bond motifs is 5. The molecule has 128 valence electrons. The van der Waals surface area contributed by atoms with E-state index in [4.69, 9.17) is 5.73 Å². The third-order valence-electron chi connectivity index (χ3n) is 8.02. The Morgan fingerprint density at radius 1 is 1.13 bits per heavy atom. The molecule has 0 spiro atoms. The van der Waals surface area contributed by atoms with Gasteiger partial charge in [0, 0.05) is 6.42 Å². The summed E-state index contributed by atoms with van der Waals surface area (Å²) in [6, 6.07) is -0.369. The number of carbonyl (C=O) groups is 1. The van der Waals surface area contributed by atoms with Gasteiger partial charge in [0.2, 0.25) is 0 Å². The van der Waals surface area contributed by atoms with Gasteiger partial charge in [-0.1, -0.05) is 25.5 Å². The van der Waals surface area contributed by atoms with Gasteiger partial charge >= 0.3 is 0 Å². The summed E-state index contributed by atoms with van der Waals surface area (Å²) in [7, 11) is 0. The molecule has 3 fully saturated rings. The largest absolute Gasteiger partial charge is 0.393 e. The van der Waals surface area contributed by atoms with Crippen LogP contribution in [0.3, 0.4) is 0 Å². The van der Waals surface area contributed by atoms with Crippen molar-refractivity contribution in [3.63, 3.8) is 0 Å². The van der Waals surface area contributed by atoms with E-state index in [9.17, 15) is 15.0 Å². The molecule has 4 nitrogen and oxygen atoms in total. The molecule has 0 bridgehead atoms. The van der Waals surface area contributed by atoms with Crippen molar-refractivity contribution in [3.05, 3.63) is 11.6 Å². The van der Waals surface area contributed by atoms with Gasteiger partial charge in [-0.3, -0.25) is 4.79 Å². The van der Waals surface area contributed by atoms with Gasteiger partial charge in [0.1, 0.15) is 5.78 Å². The lowest BCUT2D eigenvalue weighted by Crippen LogP contribution is -2.56. The Morgan fingerprint density at radius 2 is 1.87 bits per heavy atom. The summed E-state index contributed by atoms with van der Waals surface area (Å²) < 4.78 is 0. The lowest BCUT2D eigenvalue weighted by Gasteiger charge is -2.58. The average Bonchev–Trinajstić information content (AvgIpc) is 2.73. The van der Waals surface area contributed by atoms with E-state index >= 15 is 0 Å². The molecule has 0 saturated heterocycles. The van der Waals surface area contributed by atoms with Crippen LogP contribution < -0.4 is 5.73 Å². The van der Waals surface area contributed by atoms with Gasteiger partial charge < -0.3 is 15.9 Å². The van der Waals surface area contributed by atoms with Crippen LogP contribution in [0.5, 0.6) is 0 Å². The Balaban J connectivity index is 1.75. The number of carbonyl (C=O) groups excluding carboxylic acids is 1. The van der Waals surface area contributed by atoms with E-state index in [1.54, 1.807) is 0 Å². The Hall–Kier alpha value is -0.710. The molecule has 0 radical (unpaired) electrons. The van der Waals surface area contributed by atoms with Crippen LogP contribution in [0.2, 0.25) is 0 Å². The summed E-state index contributed by atoms with van der Waals surface area (Å²) in [5, 5.41) is 20.9. The van der Waals surface area contributed by atoms with Crippen molar-refractivity contribution in [2.24, 2.45) is 34.3 Å². The molecule has 8 atom stereocenters. The fourth-order valence-electron chi connectivity index (χ4n) is 6.47. The van der Waals surface area contributed by atoms with E-state index in [2.05, 4.69) is 13.8 Å². The molecule has 0 aromatic carbocycles. The van der Waals surface area contributed by atoms with Crippen LogP contribution in [0.25, 0.3) is 0 Å². The predicted molar refractivity (Wildman–Crippen MR) is 87.5 cm³/mol. The number of ketones is 1. The van der Waals surface area contributed by atoms with E-state index in [1.807, 2.05) is 6.08 Å². The monoisotopic (exact) mass is 319 g/mol. The number of nitrogens with two attached hydrogens (primary N) is 1. The van der Waals surface area contributed by atoms with Crippen molar-refractivity contribution in [1.29, 1.82) is 0 Å². The molecule has 0 aromatic rings. The summed E-state index contributed by atoms with van der Waals surface area (Å²) in [4.78, 5) is 12.3. The van der Waals surface area contributed by atoms with E-state index in [0.29, 0.717) is 18.8 Å². The molecule has 0 heterocycles. The van der Waals surface area contributed by atoms with Crippen LogP contribution in [-0.4, -0.2) is 34.2 Å². The molecule has 4 aliphatic rings. The third-order valence-corrected chi connectivity index (χ3v) is 8.02. The molecule has 0 unspecified atom stereocenters. The molecule has 4 heteroatoms. The minimum atomic E-state index is -0.504. The van der Waals surface area contributed by atoms with Crippen LogP contribution in [0.15, 0.2) is 11.6 Å². The maximum absolute atomic E-state index is 12.3. The van der Waals surface area contributed by atoms with Gasteiger partial charge in [-0.15, -0.1) is 0 Å². The lowest BCUT2D eigenvalue weighted by molar-refractivity contribution is -0.119. The van der Waals surface area contributed by atoms with Gasteiger partial charge in [0.25, 0.3) is 0 Å². The SMILES string of the molecule is C[C@]12CC[C@H]3[C@@H]([C@@H](O)C=C4C[C@@H](O)CC[C@@]43C)[C@@H]1CC(=O)[C@@H]2N. The number of rotatable bonds is 0. The van der Waals surface area contributed by atoms with Gasteiger partial charge in [0.05, 0.1) is 18.2 Å². The molecular weight excluding hydrogens is 290 g/mol. The van der Waals surface area contributed by atoms with E-state index in [0.717, 1.165) is 25.7 Å². The highest BCUT2D eigenvalue weighted by Crippen LogP contribution is 2.63. The quantitative estimate of drug-likeness (QED) is 0.594. The zero-order valence-corrected chi connectivity index (χ0v) is 14.2. The van der Waals surface area contributed by atoms with Crippen LogP contribution >= 0.6 is 0 Å². The second-order valence-electron chi connectivity index (χ2n) is 8.98. The molecule has 0 amide bonds. The first-order valence-corrected chi connectivity index (χ1v) is 9.13. The lowest BCUT2D eigenvalue weighted by atomic mass is 9.47. The van der Waals surface area contributed by atoms with Gasteiger partial charge in [-0.2, -0.15) is 0 Å². The molecule has 3 saturated carbocycles. The Bertz CT molecular complexity index is 573. The summed E-state index contributed by atoms with van der Waals surface area (Å²) in [5.41, 5.74) is 7.39. The van der Waals surface area contributed by atoms with Gasteiger partial charge in [0.15, 0.2) is 0 Å². The zero-order valence-electron chi connectivity index (χ0n) is 14.2. The Kier molecular flexibility index (Phi) is 3.37. The maximum atomic E-state index is 12.3. The van der Waals surface area contributed by atoms with E-state index in [1.165, 1.54) is 5.57 Å². The first-order valence-electron chi connectivity index (χ1n) is 9.13. The average molecular weight is 319 g/mol. The topological polar surface area (TPSA) is 83.5 Å². The van der Waals surface area contributed by atoms with E-state index < -0.39 is 6.10 Å². The maximum Gasteiger partial charge on any atom is 0.150 e. The predicted octanol–water partition coefficient (Wildman–Crippen LogP) is 1.79. The van der Waals surface area contributed by atoms with Crippen molar-refractivity contribution in [2.45, 2.75) is 70.6 Å². The van der Waals surface area contributed by atoms with Crippen LogP contribution in [0, 0.1) is 28.6 Å². The summed E-state index contributed by atoms with van der Waals surface area (Å²) in [5.74, 6) is 0.904. The first kappa shape index (κ1) is 15.8. The number of aliphatic hydroxyl groups is 2. The molecule has 4 rings (SSSR count). The summed E-state index contributed by atoms with van der Waals surface area (Å²) in [6.07, 6.45) is 6.27. The number of aliphatic hydroxyl groups excluding tert-OH is 2. The molecular formula is C19H29NO3. The summed E-state index contributed by atoms with van der Waals surface area (Å²) in [6.45, 7) is 4.47. The normalized spacial score (nSPS) is 55.7. The molecule has 4 N–H and O–H groups in total.